The van der Waals surface area contributed by atoms with Gasteiger partial charge in [0.15, 0.2) is 0 Å². The first kappa shape index (κ1) is 14.9. The summed E-state index contributed by atoms with van der Waals surface area (Å²) in [6.45, 7) is 6.15. The molecule has 19 heavy (non-hydrogen) atoms. The fraction of sp³-hybridized carbons (Fsp3) is 0.333. The Morgan fingerprint density at radius 2 is 2.00 bits per heavy atom. The summed E-state index contributed by atoms with van der Waals surface area (Å²) in [6, 6.07) is 9.90. The van der Waals surface area contributed by atoms with E-state index in [1.165, 1.54) is 4.88 Å². The molecule has 1 aromatic heterocycles. The Morgan fingerprint density at radius 3 is 2.63 bits per heavy atom. The van der Waals surface area contributed by atoms with Gasteiger partial charge in [-0.15, -0.1) is 11.3 Å². The van der Waals surface area contributed by atoms with E-state index in [-0.39, 0.29) is 5.41 Å². The Hall–Kier alpha value is -0.540. The highest BCUT2D eigenvalue weighted by atomic mass is 35.5. The summed E-state index contributed by atoms with van der Waals surface area (Å²) in [5, 5.41) is 6.98. The van der Waals surface area contributed by atoms with Gasteiger partial charge in [0.05, 0.1) is 0 Å². The van der Waals surface area contributed by atoms with Crippen molar-refractivity contribution in [1.82, 2.24) is 5.32 Å². The van der Waals surface area contributed by atoms with Gasteiger partial charge in [0.1, 0.15) is 0 Å². The molecule has 102 valence electrons. The molecule has 1 N–H and O–H groups in total. The van der Waals surface area contributed by atoms with Crippen LogP contribution in [0.25, 0.3) is 0 Å². The normalized spacial score (nSPS) is 11.8. The largest absolute Gasteiger partial charge is 0.312 e. The summed E-state index contributed by atoms with van der Waals surface area (Å²) in [5.74, 6) is 0. The lowest BCUT2D eigenvalue weighted by Gasteiger charge is -2.24. The molecule has 1 heterocycles. The molecule has 0 amide bonds. The van der Waals surface area contributed by atoms with Gasteiger partial charge in [-0.1, -0.05) is 49.2 Å². The molecule has 2 rings (SSSR count). The number of thiophene rings is 1. The maximum absolute atomic E-state index is 6.16. The van der Waals surface area contributed by atoms with Crippen molar-refractivity contribution in [2.45, 2.75) is 25.8 Å². The van der Waals surface area contributed by atoms with E-state index in [0.29, 0.717) is 10.0 Å². The van der Waals surface area contributed by atoms with Crippen LogP contribution in [0.15, 0.2) is 35.7 Å². The first-order valence-electron chi connectivity index (χ1n) is 6.18. The van der Waals surface area contributed by atoms with Crippen LogP contribution in [0.4, 0.5) is 0 Å². The predicted molar refractivity (Wildman–Crippen MR) is 85.5 cm³/mol. The van der Waals surface area contributed by atoms with Crippen LogP contribution in [0.1, 0.15) is 24.3 Å². The highest BCUT2D eigenvalue weighted by molar-refractivity contribution is 7.10. The predicted octanol–water partition coefficient (Wildman–Crippen LogP) is 5.12. The first-order chi connectivity index (χ1) is 8.99. The summed E-state index contributed by atoms with van der Waals surface area (Å²) < 4.78 is 0. The van der Waals surface area contributed by atoms with E-state index < -0.39 is 0 Å². The quantitative estimate of drug-likeness (QED) is 0.807. The van der Waals surface area contributed by atoms with Crippen LogP contribution in [-0.4, -0.2) is 6.54 Å². The van der Waals surface area contributed by atoms with Gasteiger partial charge >= 0.3 is 0 Å². The lowest BCUT2D eigenvalue weighted by Crippen LogP contribution is -2.31. The van der Waals surface area contributed by atoms with Crippen LogP contribution >= 0.6 is 34.5 Å². The fourth-order valence-electron chi connectivity index (χ4n) is 1.93. The van der Waals surface area contributed by atoms with Crippen molar-refractivity contribution < 1.29 is 0 Å². The molecular weight excluding hydrogens is 297 g/mol. The highest BCUT2D eigenvalue weighted by Gasteiger charge is 2.21. The molecule has 0 aliphatic rings. The number of nitrogens with one attached hydrogen (secondary N) is 1. The van der Waals surface area contributed by atoms with Gasteiger partial charge in [0.2, 0.25) is 0 Å². The second kappa shape index (κ2) is 6.27. The third kappa shape index (κ3) is 3.96. The molecule has 0 radical (unpaired) electrons. The maximum Gasteiger partial charge on any atom is 0.0465 e. The molecule has 1 aromatic carbocycles. The minimum atomic E-state index is 0.132. The van der Waals surface area contributed by atoms with Crippen molar-refractivity contribution in [3.8, 4) is 0 Å². The molecule has 0 saturated carbocycles. The van der Waals surface area contributed by atoms with Crippen LogP contribution < -0.4 is 5.32 Å². The lowest BCUT2D eigenvalue weighted by atomic mass is 9.91. The zero-order valence-corrected chi connectivity index (χ0v) is 13.4. The number of hydrogen-bond donors (Lipinski definition) is 1. The minimum absolute atomic E-state index is 0.132. The lowest BCUT2D eigenvalue weighted by molar-refractivity contribution is 0.477. The number of benzene rings is 1. The average Bonchev–Trinajstić information content (AvgIpc) is 2.86. The van der Waals surface area contributed by atoms with Crippen LogP contribution in [0.2, 0.25) is 10.0 Å². The van der Waals surface area contributed by atoms with E-state index in [2.05, 4.69) is 36.7 Å². The first-order valence-corrected chi connectivity index (χ1v) is 7.81. The number of halogens is 2. The molecule has 0 spiro atoms. The Morgan fingerprint density at radius 1 is 1.21 bits per heavy atom. The van der Waals surface area contributed by atoms with Gasteiger partial charge in [-0.3, -0.25) is 0 Å². The molecular formula is C15H17Cl2NS. The van der Waals surface area contributed by atoms with Crippen LogP contribution in [-0.2, 0) is 12.0 Å². The summed E-state index contributed by atoms with van der Waals surface area (Å²) >= 11 is 13.8. The van der Waals surface area contributed by atoms with E-state index in [9.17, 15) is 0 Å². The van der Waals surface area contributed by atoms with Crippen molar-refractivity contribution in [1.29, 1.82) is 0 Å². The van der Waals surface area contributed by atoms with Gasteiger partial charge in [-0.2, -0.15) is 0 Å². The SMILES string of the molecule is CC(C)(CNCc1ccc(Cl)cc1Cl)c1cccs1. The zero-order chi connectivity index (χ0) is 13.9. The van der Waals surface area contributed by atoms with Crippen molar-refractivity contribution in [2.75, 3.05) is 6.54 Å². The minimum Gasteiger partial charge on any atom is -0.312 e. The van der Waals surface area contributed by atoms with Gasteiger partial charge in [-0.05, 0) is 29.1 Å². The Labute approximate surface area is 128 Å². The average molecular weight is 314 g/mol. The molecule has 0 bridgehead atoms. The Balaban J connectivity index is 1.93. The summed E-state index contributed by atoms with van der Waals surface area (Å²) in [6.07, 6.45) is 0. The molecule has 0 fully saturated rings. The molecule has 0 atom stereocenters. The van der Waals surface area contributed by atoms with Gasteiger partial charge in [0.25, 0.3) is 0 Å². The van der Waals surface area contributed by atoms with Crippen LogP contribution in [0.5, 0.6) is 0 Å². The van der Waals surface area contributed by atoms with Crippen molar-refractivity contribution in [3.05, 3.63) is 56.2 Å². The monoisotopic (exact) mass is 313 g/mol. The van der Waals surface area contributed by atoms with Crippen LogP contribution in [0.3, 0.4) is 0 Å². The summed E-state index contributed by atoms with van der Waals surface area (Å²) in [7, 11) is 0. The zero-order valence-electron chi connectivity index (χ0n) is 11.0. The molecule has 0 unspecified atom stereocenters. The third-order valence-electron chi connectivity index (χ3n) is 3.09. The summed E-state index contributed by atoms with van der Waals surface area (Å²) in [5.41, 5.74) is 1.21. The number of hydrogen-bond acceptors (Lipinski definition) is 2. The van der Waals surface area contributed by atoms with E-state index in [1.54, 1.807) is 17.4 Å². The standard InChI is InChI=1S/C15H17Cl2NS/c1-15(2,14-4-3-7-19-14)10-18-9-11-5-6-12(16)8-13(11)17/h3-8,18H,9-10H2,1-2H3. The van der Waals surface area contributed by atoms with Crippen molar-refractivity contribution in [3.63, 3.8) is 0 Å². The molecule has 2 aromatic rings. The second-order valence-electron chi connectivity index (χ2n) is 5.20. The highest BCUT2D eigenvalue weighted by Crippen LogP contribution is 2.27. The van der Waals surface area contributed by atoms with Gasteiger partial charge in [-0.25, -0.2) is 0 Å². The van der Waals surface area contributed by atoms with Crippen LogP contribution in [0, 0.1) is 0 Å². The topological polar surface area (TPSA) is 12.0 Å². The Bertz CT molecular complexity index is 535. The van der Waals surface area contributed by atoms with E-state index in [0.717, 1.165) is 18.7 Å². The van der Waals surface area contributed by atoms with E-state index in [4.69, 9.17) is 23.2 Å². The molecule has 0 aliphatic heterocycles. The number of rotatable bonds is 5. The van der Waals surface area contributed by atoms with E-state index in [1.807, 2.05) is 12.1 Å². The molecule has 0 saturated heterocycles. The van der Waals surface area contributed by atoms with E-state index >= 15 is 0 Å². The smallest absolute Gasteiger partial charge is 0.0465 e. The molecule has 4 heteroatoms. The van der Waals surface area contributed by atoms with Crippen molar-refractivity contribution >= 4 is 34.5 Å². The fourth-order valence-corrected chi connectivity index (χ4v) is 3.25. The second-order valence-corrected chi connectivity index (χ2v) is 6.99. The van der Waals surface area contributed by atoms with Gasteiger partial charge < -0.3 is 5.32 Å². The third-order valence-corrected chi connectivity index (χ3v) is 4.91. The van der Waals surface area contributed by atoms with Crippen molar-refractivity contribution in [2.24, 2.45) is 0 Å². The molecule has 1 nitrogen and oxygen atoms in total. The van der Waals surface area contributed by atoms with Gasteiger partial charge in [0, 0.05) is 33.4 Å². The Kier molecular flexibility index (Phi) is 4.91. The molecule has 0 aliphatic carbocycles. The summed E-state index contributed by atoms with van der Waals surface area (Å²) in [4.78, 5) is 1.39. The maximum atomic E-state index is 6.16.